The first-order valence-electron chi connectivity index (χ1n) is 6.62. The molecule has 0 aromatic carbocycles. The van der Waals surface area contributed by atoms with E-state index in [1.54, 1.807) is 0 Å². The lowest BCUT2D eigenvalue weighted by Gasteiger charge is -2.24. The predicted octanol–water partition coefficient (Wildman–Crippen LogP) is 1.21. The summed E-state index contributed by atoms with van der Waals surface area (Å²) in [5.74, 6) is 2.28. The molecule has 5 heteroatoms. The van der Waals surface area contributed by atoms with Gasteiger partial charge in [-0.3, -0.25) is 0 Å². The van der Waals surface area contributed by atoms with Gasteiger partial charge in [-0.2, -0.15) is 0 Å². The van der Waals surface area contributed by atoms with Gasteiger partial charge in [0, 0.05) is 25.7 Å². The predicted molar refractivity (Wildman–Crippen MR) is 74.9 cm³/mol. The summed E-state index contributed by atoms with van der Waals surface area (Å²) in [6.45, 7) is 8.41. The van der Waals surface area contributed by atoms with Gasteiger partial charge in [0.25, 0.3) is 0 Å². The Morgan fingerprint density at radius 3 is 2.56 bits per heavy atom. The highest BCUT2D eigenvalue weighted by Crippen LogP contribution is 2.20. The van der Waals surface area contributed by atoms with Crippen molar-refractivity contribution in [3.8, 4) is 0 Å². The molecular formula is C13H23N5. The highest BCUT2D eigenvalue weighted by Gasteiger charge is 2.14. The van der Waals surface area contributed by atoms with E-state index in [2.05, 4.69) is 26.8 Å². The number of hydrogen-bond donors (Lipinski definition) is 1. The van der Waals surface area contributed by atoms with Crippen LogP contribution in [0.5, 0.6) is 0 Å². The molecule has 5 nitrogen and oxygen atoms in total. The Morgan fingerprint density at radius 2 is 1.89 bits per heavy atom. The quantitative estimate of drug-likeness (QED) is 0.869. The Hall–Kier alpha value is -1.36. The molecule has 0 radical (unpaired) electrons. The van der Waals surface area contributed by atoms with Crippen molar-refractivity contribution >= 4 is 11.6 Å². The van der Waals surface area contributed by atoms with Crippen LogP contribution < -0.4 is 10.6 Å². The van der Waals surface area contributed by atoms with Crippen molar-refractivity contribution in [3.63, 3.8) is 0 Å². The average Bonchev–Trinajstić information content (AvgIpc) is 2.83. The van der Waals surface area contributed by atoms with E-state index in [0.717, 1.165) is 30.3 Å². The van der Waals surface area contributed by atoms with Gasteiger partial charge in [0.05, 0.1) is 0 Å². The van der Waals surface area contributed by atoms with Gasteiger partial charge in [-0.25, -0.2) is 9.97 Å². The highest BCUT2D eigenvalue weighted by molar-refractivity contribution is 5.55. The average molecular weight is 249 g/mol. The summed E-state index contributed by atoms with van der Waals surface area (Å²) >= 11 is 0. The van der Waals surface area contributed by atoms with Crippen molar-refractivity contribution in [1.82, 2.24) is 14.9 Å². The molecule has 2 rings (SSSR count). The zero-order valence-electron chi connectivity index (χ0n) is 11.6. The molecule has 1 fully saturated rings. The van der Waals surface area contributed by atoms with Crippen molar-refractivity contribution in [2.45, 2.75) is 26.7 Å². The molecule has 100 valence electrons. The summed E-state index contributed by atoms with van der Waals surface area (Å²) < 4.78 is 0. The van der Waals surface area contributed by atoms with E-state index in [-0.39, 0.29) is 0 Å². The number of likely N-dealkylation sites (tertiary alicyclic amines) is 1. The normalized spacial score (nSPS) is 16.2. The standard InChI is InChI=1S/C13H23N5/c1-10-12(14)15-11(2)16-13(10)17(3)8-9-18-6-4-5-7-18/h4-9H2,1-3H3,(H2,14,15,16). The lowest BCUT2D eigenvalue weighted by molar-refractivity contribution is 0.346. The maximum Gasteiger partial charge on any atom is 0.137 e. The van der Waals surface area contributed by atoms with E-state index in [9.17, 15) is 0 Å². The van der Waals surface area contributed by atoms with Crippen molar-refractivity contribution in [1.29, 1.82) is 0 Å². The van der Waals surface area contributed by atoms with Crippen LogP contribution in [-0.4, -0.2) is 48.1 Å². The largest absolute Gasteiger partial charge is 0.383 e. The Labute approximate surface area is 109 Å². The van der Waals surface area contributed by atoms with Gasteiger partial charge >= 0.3 is 0 Å². The van der Waals surface area contributed by atoms with E-state index in [4.69, 9.17) is 5.73 Å². The topological polar surface area (TPSA) is 58.3 Å². The number of aryl methyl sites for hydroxylation is 1. The molecule has 0 saturated carbocycles. The van der Waals surface area contributed by atoms with E-state index < -0.39 is 0 Å². The molecule has 2 heterocycles. The number of nitrogens with two attached hydrogens (primary N) is 1. The zero-order valence-corrected chi connectivity index (χ0v) is 11.6. The fraction of sp³-hybridized carbons (Fsp3) is 0.692. The third-order valence-electron chi connectivity index (χ3n) is 3.58. The molecule has 1 aromatic heterocycles. The van der Waals surface area contributed by atoms with Crippen molar-refractivity contribution in [2.75, 3.05) is 43.9 Å². The third-order valence-corrected chi connectivity index (χ3v) is 3.58. The lowest BCUT2D eigenvalue weighted by Crippen LogP contribution is -2.32. The Morgan fingerprint density at radius 1 is 1.22 bits per heavy atom. The van der Waals surface area contributed by atoms with Crippen LogP contribution in [0.3, 0.4) is 0 Å². The second kappa shape index (κ2) is 5.52. The van der Waals surface area contributed by atoms with Crippen molar-refractivity contribution < 1.29 is 0 Å². The van der Waals surface area contributed by atoms with Crippen LogP contribution in [0.25, 0.3) is 0 Å². The molecule has 1 aromatic rings. The van der Waals surface area contributed by atoms with Crippen LogP contribution in [0.1, 0.15) is 24.2 Å². The monoisotopic (exact) mass is 249 g/mol. The van der Waals surface area contributed by atoms with Crippen molar-refractivity contribution in [2.24, 2.45) is 0 Å². The smallest absolute Gasteiger partial charge is 0.137 e. The van der Waals surface area contributed by atoms with Crippen LogP contribution in [0.2, 0.25) is 0 Å². The van der Waals surface area contributed by atoms with Crippen molar-refractivity contribution in [3.05, 3.63) is 11.4 Å². The number of aromatic nitrogens is 2. The third kappa shape index (κ3) is 2.90. The van der Waals surface area contributed by atoms with E-state index in [1.165, 1.54) is 25.9 Å². The molecule has 18 heavy (non-hydrogen) atoms. The Kier molecular flexibility index (Phi) is 4.01. The minimum absolute atomic E-state index is 0.588. The summed E-state index contributed by atoms with van der Waals surface area (Å²) in [6, 6.07) is 0. The van der Waals surface area contributed by atoms with Gasteiger partial charge in [-0.05, 0) is 39.8 Å². The number of rotatable bonds is 4. The van der Waals surface area contributed by atoms with Crippen LogP contribution in [0, 0.1) is 13.8 Å². The molecule has 0 bridgehead atoms. The summed E-state index contributed by atoms with van der Waals surface area (Å²) in [4.78, 5) is 13.4. The fourth-order valence-corrected chi connectivity index (χ4v) is 2.41. The fourth-order valence-electron chi connectivity index (χ4n) is 2.41. The molecule has 0 unspecified atom stereocenters. The Bertz CT molecular complexity index is 412. The molecule has 1 aliphatic rings. The number of nitrogen functional groups attached to an aromatic ring is 1. The molecule has 1 saturated heterocycles. The minimum atomic E-state index is 0.588. The number of nitrogens with zero attached hydrogens (tertiary/aromatic N) is 4. The molecule has 2 N–H and O–H groups in total. The van der Waals surface area contributed by atoms with E-state index >= 15 is 0 Å². The second-order valence-corrected chi connectivity index (χ2v) is 5.07. The van der Waals surface area contributed by atoms with Gasteiger partial charge < -0.3 is 15.5 Å². The zero-order chi connectivity index (χ0) is 13.1. The van der Waals surface area contributed by atoms with E-state index in [0.29, 0.717) is 5.82 Å². The first-order chi connectivity index (χ1) is 8.58. The maximum absolute atomic E-state index is 5.89. The van der Waals surface area contributed by atoms with E-state index in [1.807, 2.05) is 13.8 Å². The van der Waals surface area contributed by atoms with Crippen LogP contribution in [0.15, 0.2) is 0 Å². The number of likely N-dealkylation sites (N-methyl/N-ethyl adjacent to an activating group) is 1. The lowest BCUT2D eigenvalue weighted by atomic mass is 10.3. The summed E-state index contributed by atoms with van der Waals surface area (Å²) in [6.07, 6.45) is 2.67. The van der Waals surface area contributed by atoms with Gasteiger partial charge in [0.1, 0.15) is 17.5 Å². The second-order valence-electron chi connectivity index (χ2n) is 5.07. The number of hydrogen-bond acceptors (Lipinski definition) is 5. The molecular weight excluding hydrogens is 226 g/mol. The maximum atomic E-state index is 5.89. The van der Waals surface area contributed by atoms with Gasteiger partial charge in [-0.1, -0.05) is 0 Å². The summed E-state index contributed by atoms with van der Waals surface area (Å²) in [7, 11) is 2.07. The van der Waals surface area contributed by atoms with Gasteiger partial charge in [-0.15, -0.1) is 0 Å². The number of anilines is 2. The molecule has 1 aliphatic heterocycles. The summed E-state index contributed by atoms with van der Waals surface area (Å²) in [5, 5.41) is 0. The van der Waals surface area contributed by atoms with Crippen LogP contribution >= 0.6 is 0 Å². The molecule has 0 atom stereocenters. The Balaban J connectivity index is 2.01. The SMILES string of the molecule is Cc1nc(N)c(C)c(N(C)CCN2CCCC2)n1. The molecule has 0 aliphatic carbocycles. The van der Waals surface area contributed by atoms with Crippen LogP contribution in [0.4, 0.5) is 11.6 Å². The van der Waals surface area contributed by atoms with Gasteiger partial charge in [0.2, 0.25) is 0 Å². The minimum Gasteiger partial charge on any atom is -0.383 e. The first kappa shape index (κ1) is 13.1. The highest BCUT2D eigenvalue weighted by atomic mass is 15.2. The molecule has 0 spiro atoms. The van der Waals surface area contributed by atoms with Gasteiger partial charge in [0.15, 0.2) is 0 Å². The van der Waals surface area contributed by atoms with Crippen LogP contribution in [-0.2, 0) is 0 Å². The summed E-state index contributed by atoms with van der Waals surface area (Å²) in [5.41, 5.74) is 6.87. The molecule has 0 amide bonds. The first-order valence-corrected chi connectivity index (χ1v) is 6.62.